The van der Waals surface area contributed by atoms with Crippen molar-refractivity contribution in [2.45, 2.75) is 24.3 Å². The number of benzene rings is 1. The van der Waals surface area contributed by atoms with E-state index in [2.05, 4.69) is 4.72 Å². The Kier molecular flexibility index (Phi) is 4.83. The highest BCUT2D eigenvalue weighted by Crippen LogP contribution is 2.27. The molecule has 0 aliphatic rings. The van der Waals surface area contributed by atoms with Gasteiger partial charge in [-0.25, -0.2) is 13.1 Å². The second-order valence-electron chi connectivity index (χ2n) is 3.75. The number of nitro benzene ring substituents is 1. The van der Waals surface area contributed by atoms with Gasteiger partial charge in [-0.05, 0) is 19.1 Å². The minimum absolute atomic E-state index is 0.0411. The summed E-state index contributed by atoms with van der Waals surface area (Å²) in [6.45, 7) is 1.49. The number of nitriles is 1. The van der Waals surface area contributed by atoms with Crippen molar-refractivity contribution in [1.82, 2.24) is 4.72 Å². The second kappa shape index (κ2) is 5.97. The normalized spacial score (nSPS) is 12.7. The predicted octanol–water partition coefficient (Wildman–Crippen LogP) is 1.83. The van der Waals surface area contributed by atoms with Crippen molar-refractivity contribution < 1.29 is 13.3 Å². The molecule has 0 aromatic heterocycles. The molecular weight excluding hydrogens is 294 g/mol. The lowest BCUT2D eigenvalue weighted by atomic mass is 10.3. The largest absolute Gasteiger partial charge is 0.290 e. The van der Waals surface area contributed by atoms with E-state index in [4.69, 9.17) is 16.9 Å². The van der Waals surface area contributed by atoms with E-state index >= 15 is 0 Å². The lowest BCUT2D eigenvalue weighted by Crippen LogP contribution is -2.32. The Morgan fingerprint density at radius 2 is 2.21 bits per heavy atom. The van der Waals surface area contributed by atoms with Crippen LogP contribution in [0, 0.1) is 21.4 Å². The van der Waals surface area contributed by atoms with Gasteiger partial charge >= 0.3 is 0 Å². The summed E-state index contributed by atoms with van der Waals surface area (Å²) in [4.78, 5) is 9.53. The Bertz CT molecular complexity index is 639. The van der Waals surface area contributed by atoms with Crippen molar-refractivity contribution in [2.75, 3.05) is 0 Å². The van der Waals surface area contributed by atoms with E-state index < -0.39 is 31.6 Å². The van der Waals surface area contributed by atoms with E-state index in [0.717, 1.165) is 12.1 Å². The lowest BCUT2D eigenvalue weighted by Gasteiger charge is -2.11. The topological polar surface area (TPSA) is 113 Å². The van der Waals surface area contributed by atoms with Gasteiger partial charge in [0.15, 0.2) is 4.90 Å². The first-order chi connectivity index (χ1) is 8.77. The number of nitrogens with one attached hydrogen (secondary N) is 1. The smallest absolute Gasteiger partial charge is 0.258 e. The summed E-state index contributed by atoms with van der Waals surface area (Å²) < 4.78 is 26.2. The quantitative estimate of drug-likeness (QED) is 0.658. The SMILES string of the molecule is CC(CC#N)NS(=O)(=O)c1ccc(Cl)cc1[N+](=O)[O-]. The van der Waals surface area contributed by atoms with E-state index in [1.807, 2.05) is 0 Å². The zero-order chi connectivity index (χ0) is 14.6. The van der Waals surface area contributed by atoms with Crippen LogP contribution in [0.1, 0.15) is 13.3 Å². The fraction of sp³-hybridized carbons (Fsp3) is 0.300. The van der Waals surface area contributed by atoms with Crippen LogP contribution in [-0.4, -0.2) is 19.4 Å². The van der Waals surface area contributed by atoms with E-state index in [-0.39, 0.29) is 11.4 Å². The van der Waals surface area contributed by atoms with Crippen LogP contribution < -0.4 is 4.72 Å². The minimum Gasteiger partial charge on any atom is -0.258 e. The summed E-state index contributed by atoms with van der Waals surface area (Å²) in [7, 11) is -4.08. The maximum Gasteiger partial charge on any atom is 0.290 e. The monoisotopic (exact) mass is 303 g/mol. The highest BCUT2D eigenvalue weighted by Gasteiger charge is 2.27. The molecule has 0 bridgehead atoms. The highest BCUT2D eigenvalue weighted by atomic mass is 35.5. The standard InChI is InChI=1S/C10H10ClN3O4S/c1-7(4-5-12)13-19(17,18)10-3-2-8(11)6-9(10)14(15)16/h2-3,6-7,13H,4H2,1H3. The van der Waals surface area contributed by atoms with Crippen LogP contribution in [0.3, 0.4) is 0 Å². The molecule has 0 saturated heterocycles. The molecule has 1 atom stereocenters. The molecule has 1 N–H and O–H groups in total. The van der Waals surface area contributed by atoms with Gasteiger partial charge in [-0.2, -0.15) is 5.26 Å². The molecule has 0 radical (unpaired) electrons. The average molecular weight is 304 g/mol. The van der Waals surface area contributed by atoms with Gasteiger partial charge in [0.05, 0.1) is 17.4 Å². The van der Waals surface area contributed by atoms with Crippen LogP contribution in [-0.2, 0) is 10.0 Å². The van der Waals surface area contributed by atoms with Gasteiger partial charge in [0, 0.05) is 17.1 Å². The minimum atomic E-state index is -4.08. The fourth-order valence-electron chi connectivity index (χ4n) is 1.37. The van der Waals surface area contributed by atoms with Crippen LogP contribution in [0.15, 0.2) is 23.1 Å². The number of nitrogens with zero attached hydrogens (tertiary/aromatic N) is 2. The van der Waals surface area contributed by atoms with Crippen molar-refractivity contribution in [3.05, 3.63) is 33.3 Å². The molecule has 1 unspecified atom stereocenters. The summed E-state index contributed by atoms with van der Waals surface area (Å²) in [6, 6.07) is 4.43. The van der Waals surface area contributed by atoms with E-state index in [1.54, 1.807) is 6.07 Å². The first kappa shape index (κ1) is 15.4. The number of halogens is 1. The van der Waals surface area contributed by atoms with Crippen molar-refractivity contribution >= 4 is 27.3 Å². The van der Waals surface area contributed by atoms with Gasteiger partial charge in [-0.15, -0.1) is 0 Å². The summed E-state index contributed by atoms with van der Waals surface area (Å²) in [6.07, 6.45) is -0.0411. The molecule has 19 heavy (non-hydrogen) atoms. The number of hydrogen-bond acceptors (Lipinski definition) is 5. The fourth-order valence-corrected chi connectivity index (χ4v) is 2.93. The van der Waals surface area contributed by atoms with Crippen molar-refractivity contribution in [3.63, 3.8) is 0 Å². The van der Waals surface area contributed by atoms with Crippen LogP contribution in [0.4, 0.5) is 5.69 Å². The first-order valence-electron chi connectivity index (χ1n) is 5.11. The number of sulfonamides is 1. The van der Waals surface area contributed by atoms with Gasteiger partial charge < -0.3 is 0 Å². The summed E-state index contributed by atoms with van der Waals surface area (Å²) in [5.41, 5.74) is -0.607. The summed E-state index contributed by atoms with van der Waals surface area (Å²) in [5, 5.41) is 19.4. The number of hydrogen-bond donors (Lipinski definition) is 1. The van der Waals surface area contributed by atoms with Gasteiger partial charge in [0.1, 0.15) is 0 Å². The first-order valence-corrected chi connectivity index (χ1v) is 6.97. The maximum absolute atomic E-state index is 12.0. The van der Waals surface area contributed by atoms with Crippen LogP contribution in [0.5, 0.6) is 0 Å². The third-order valence-corrected chi connectivity index (χ3v) is 4.03. The Labute approximate surface area is 115 Å². The molecule has 0 saturated carbocycles. The molecule has 102 valence electrons. The molecule has 1 aromatic carbocycles. The average Bonchev–Trinajstić information content (AvgIpc) is 2.27. The highest BCUT2D eigenvalue weighted by molar-refractivity contribution is 7.89. The maximum atomic E-state index is 12.0. The molecule has 1 rings (SSSR count). The molecule has 0 aliphatic heterocycles. The molecule has 0 amide bonds. The summed E-state index contributed by atoms with van der Waals surface area (Å²) in [5.74, 6) is 0. The third kappa shape index (κ3) is 3.89. The van der Waals surface area contributed by atoms with Gasteiger partial charge in [-0.1, -0.05) is 11.6 Å². The van der Waals surface area contributed by atoms with Crippen molar-refractivity contribution in [1.29, 1.82) is 5.26 Å². The molecule has 7 nitrogen and oxygen atoms in total. The molecular formula is C10H10ClN3O4S. The van der Waals surface area contributed by atoms with Gasteiger partial charge in [-0.3, -0.25) is 10.1 Å². The Morgan fingerprint density at radius 3 is 2.74 bits per heavy atom. The predicted molar refractivity (Wildman–Crippen MR) is 68.1 cm³/mol. The van der Waals surface area contributed by atoms with Crippen molar-refractivity contribution in [3.8, 4) is 6.07 Å². The van der Waals surface area contributed by atoms with Crippen LogP contribution >= 0.6 is 11.6 Å². The number of nitro groups is 1. The zero-order valence-corrected chi connectivity index (χ0v) is 11.4. The molecule has 1 aromatic rings. The molecule has 0 aliphatic carbocycles. The van der Waals surface area contributed by atoms with Gasteiger partial charge in [0.25, 0.3) is 5.69 Å². The van der Waals surface area contributed by atoms with E-state index in [0.29, 0.717) is 0 Å². The molecule has 0 fully saturated rings. The number of rotatable bonds is 5. The molecule has 0 spiro atoms. The third-order valence-electron chi connectivity index (χ3n) is 2.16. The Balaban J connectivity index is 3.22. The van der Waals surface area contributed by atoms with Crippen molar-refractivity contribution in [2.24, 2.45) is 0 Å². The molecule has 0 heterocycles. The molecule has 9 heteroatoms. The second-order valence-corrected chi connectivity index (χ2v) is 5.87. The zero-order valence-electron chi connectivity index (χ0n) is 9.83. The summed E-state index contributed by atoms with van der Waals surface area (Å²) >= 11 is 5.60. The Morgan fingerprint density at radius 1 is 1.58 bits per heavy atom. The van der Waals surface area contributed by atoms with Crippen LogP contribution in [0.25, 0.3) is 0 Å². The van der Waals surface area contributed by atoms with E-state index in [9.17, 15) is 18.5 Å². The van der Waals surface area contributed by atoms with Crippen LogP contribution in [0.2, 0.25) is 5.02 Å². The lowest BCUT2D eigenvalue weighted by molar-refractivity contribution is -0.387. The van der Waals surface area contributed by atoms with E-state index in [1.165, 1.54) is 13.0 Å². The Hall–Kier alpha value is -1.69. The van der Waals surface area contributed by atoms with Gasteiger partial charge in [0.2, 0.25) is 10.0 Å².